The minimum Gasteiger partial charge on any atom is -0.477 e. The number of carbonyl (C=O) groups is 1. The van der Waals surface area contributed by atoms with E-state index in [0.717, 1.165) is 9.47 Å². The number of carboxylic acid groups (broad SMARTS) is 1. The van der Waals surface area contributed by atoms with Crippen LogP contribution < -0.4 is 0 Å². The molecule has 0 unspecified atom stereocenters. The van der Waals surface area contributed by atoms with Crippen molar-refractivity contribution < 1.29 is 187 Å². The maximum Gasteiger partial charge on any atom is 0.462 e. The number of aliphatic carboxylic acids is 1. The molecular weight excluding hydrogens is 993 g/mol. The number of halogens is 35. The molecule has 0 spiro atoms. The highest BCUT2D eigenvalue weighted by Crippen LogP contribution is 2.62. The molecule has 0 saturated heterocycles. The van der Waals surface area contributed by atoms with Crippen LogP contribution in [0.4, 0.5) is 154 Å². The van der Waals surface area contributed by atoms with Gasteiger partial charge in [0.1, 0.15) is 0 Å². The number of carboxylic acids is 1. The summed E-state index contributed by atoms with van der Waals surface area (Å²) in [4.78, 5) is 10.3. The minimum absolute atomic E-state index is 0.672. The number of rotatable bonds is 16. The summed E-state index contributed by atoms with van der Waals surface area (Å²) in [6.45, 7) is 0. The van der Waals surface area contributed by atoms with Gasteiger partial charge in [0.15, 0.2) is 0 Å². The zero-order valence-electron chi connectivity index (χ0n) is 25.1. The van der Waals surface area contributed by atoms with Gasteiger partial charge >= 0.3 is 109 Å². The Balaban J connectivity index is 8.02. The Labute approximate surface area is 297 Å². The Morgan fingerprint density at radius 3 is 0.600 bits per heavy atom. The first-order valence-electron chi connectivity index (χ1n) is 12.1. The molecule has 0 fully saturated rings. The van der Waals surface area contributed by atoms with Crippen molar-refractivity contribution in [2.45, 2.75) is 103 Å². The molecule has 7 nitrogen and oxygen atoms in total. The number of alkyl halides is 35. The van der Waals surface area contributed by atoms with Crippen LogP contribution in [0.2, 0.25) is 0 Å². The Morgan fingerprint density at radius 1 is 0.267 bits per heavy atom. The van der Waals surface area contributed by atoms with Gasteiger partial charge in [-0.25, -0.2) is 4.79 Å². The molecule has 0 aromatic rings. The zero-order valence-corrected chi connectivity index (χ0v) is 25.1. The smallest absolute Gasteiger partial charge is 0.462 e. The lowest BCUT2D eigenvalue weighted by molar-refractivity contribution is -0.600. The lowest BCUT2D eigenvalue weighted by atomic mass is 10.2. The quantitative estimate of drug-likeness (QED) is 0.154. The summed E-state index contributed by atoms with van der Waals surface area (Å²) < 4.78 is 472. The third-order valence-corrected chi connectivity index (χ3v) is 5.66. The lowest BCUT2D eigenvalue weighted by Crippen LogP contribution is -2.73. The molecule has 1 N–H and O–H groups in total. The predicted octanol–water partition coefficient (Wildman–Crippen LogP) is 10.5. The van der Waals surface area contributed by atoms with E-state index in [-0.39, 0.29) is 0 Å². The van der Waals surface area contributed by atoms with Gasteiger partial charge in [-0.3, -0.25) is 23.7 Å². The lowest BCUT2D eigenvalue weighted by Gasteiger charge is -2.44. The van der Waals surface area contributed by atoms with Crippen LogP contribution in [-0.4, -0.2) is 114 Å². The molecule has 0 bridgehead atoms. The summed E-state index contributed by atoms with van der Waals surface area (Å²) in [5.41, 5.74) is 0. The molecule has 0 radical (unpaired) electrons. The third kappa shape index (κ3) is 9.14. The molecule has 42 heteroatoms. The molecule has 0 aliphatic rings. The fraction of sp³-hybridized carbons (Fsp3) is 0.944. The van der Waals surface area contributed by atoms with E-state index in [1.807, 2.05) is 0 Å². The maximum atomic E-state index is 14.6. The van der Waals surface area contributed by atoms with Gasteiger partial charge in [-0.1, -0.05) is 0 Å². The van der Waals surface area contributed by atoms with Gasteiger partial charge in [-0.15, -0.1) is 0 Å². The van der Waals surface area contributed by atoms with Crippen molar-refractivity contribution in [3.63, 3.8) is 0 Å². The second kappa shape index (κ2) is 14.7. The van der Waals surface area contributed by atoms with E-state index in [0.29, 0.717) is 9.47 Å². The van der Waals surface area contributed by atoms with E-state index in [1.54, 1.807) is 0 Å². The van der Waals surface area contributed by atoms with Crippen molar-refractivity contribution in [1.82, 2.24) is 0 Å². The molecule has 0 rings (SSSR count). The van der Waals surface area contributed by atoms with E-state index in [4.69, 9.17) is 5.11 Å². The first-order chi connectivity index (χ1) is 25.2. The van der Waals surface area contributed by atoms with E-state index in [9.17, 15) is 158 Å². The fourth-order valence-corrected chi connectivity index (χ4v) is 2.73. The van der Waals surface area contributed by atoms with Crippen LogP contribution in [-0.2, 0) is 28.5 Å². The number of ether oxygens (including phenoxy) is 5. The maximum absolute atomic E-state index is 14.6. The first kappa shape index (κ1) is 56.8. The van der Waals surface area contributed by atoms with Gasteiger partial charge in [-0.2, -0.15) is 154 Å². The summed E-state index contributed by atoms with van der Waals surface area (Å²) in [5, 5.41) is 7.98. The van der Waals surface area contributed by atoms with E-state index in [2.05, 4.69) is 0 Å². The summed E-state index contributed by atoms with van der Waals surface area (Å²) in [5.74, 6) is -58.6. The molecule has 0 aliphatic carbocycles. The van der Waals surface area contributed by atoms with Crippen molar-refractivity contribution >= 4 is 5.97 Å². The fourth-order valence-electron chi connectivity index (χ4n) is 2.73. The summed E-state index contributed by atoms with van der Waals surface area (Å²) in [6.07, 6.45) is -98.3. The molecular formula is C18HF35O7. The monoisotopic (exact) mass is 994 g/mol. The van der Waals surface area contributed by atoms with Crippen molar-refractivity contribution in [2.24, 2.45) is 0 Å². The highest BCUT2D eigenvalue weighted by molar-refractivity contribution is 5.76. The normalized spacial score (nSPS) is 20.7. The van der Waals surface area contributed by atoms with Crippen LogP contribution in [0.15, 0.2) is 0 Å². The molecule has 360 valence electrons. The Hall–Kier alpha value is -3.18. The van der Waals surface area contributed by atoms with Crippen LogP contribution in [0.1, 0.15) is 0 Å². The van der Waals surface area contributed by atoms with Crippen molar-refractivity contribution in [3.8, 4) is 0 Å². The van der Waals surface area contributed by atoms with Gasteiger partial charge in [0, 0.05) is 0 Å². The van der Waals surface area contributed by atoms with Gasteiger partial charge < -0.3 is 5.11 Å². The van der Waals surface area contributed by atoms with Crippen LogP contribution >= 0.6 is 0 Å². The highest BCUT2D eigenvalue weighted by Gasteiger charge is 2.91. The standard InChI is InChI=1S/C18HF35O7/c19-2(1(54)55,8(26,27)28)56-15(46,47)4(22,10(32,33)34)58-17(50,51)6(24,12(38,39)40)60-18(52,53)7(25,13(41,42)43)59-16(48,49)5(23,11(35,36)37)57-14(44,45)3(20,21)9(29,30)31/h(H,54,55)/t2-,4-,5+,6+,7+/m1/s1. The van der Waals surface area contributed by atoms with Gasteiger partial charge in [-0.05, 0) is 0 Å². The van der Waals surface area contributed by atoms with E-state index >= 15 is 0 Å². The van der Waals surface area contributed by atoms with Crippen LogP contribution in [0.25, 0.3) is 0 Å². The topological polar surface area (TPSA) is 83.5 Å². The molecule has 0 aromatic heterocycles. The Kier molecular flexibility index (Phi) is 13.9. The molecule has 0 heterocycles. The van der Waals surface area contributed by atoms with Crippen molar-refractivity contribution in [2.75, 3.05) is 0 Å². The molecule has 0 saturated carbocycles. The van der Waals surface area contributed by atoms with Gasteiger partial charge in [0.05, 0.1) is 0 Å². The number of hydrogen-bond donors (Lipinski definition) is 1. The SMILES string of the molecule is O=C(O)[C@@](F)(OC(F)(F)[C@](F)(OC(F)(F)[C@@](F)(OC(F)(F)[C@@](F)(OC(F)(F)[C@@](F)(OC(F)(F)C(F)(F)C(F)(F)F)C(F)(F)F)C(F)(F)F)C(F)(F)F)C(F)(F)F)C(F)(F)F. The van der Waals surface area contributed by atoms with E-state index < -0.39 is 109 Å². The van der Waals surface area contributed by atoms with Gasteiger partial charge in [0.2, 0.25) is 0 Å². The van der Waals surface area contributed by atoms with Crippen molar-refractivity contribution in [1.29, 1.82) is 0 Å². The Bertz CT molecular complexity index is 1540. The van der Waals surface area contributed by atoms with E-state index in [1.165, 1.54) is 4.74 Å². The Morgan fingerprint density at radius 2 is 0.450 bits per heavy atom. The molecule has 0 aromatic carbocycles. The largest absolute Gasteiger partial charge is 0.477 e. The molecule has 5 atom stereocenters. The highest BCUT2D eigenvalue weighted by atomic mass is 19.5. The summed E-state index contributed by atoms with van der Waals surface area (Å²) in [7, 11) is 0. The first-order valence-corrected chi connectivity index (χ1v) is 12.1. The molecule has 0 aliphatic heterocycles. The van der Waals surface area contributed by atoms with Crippen LogP contribution in [0.5, 0.6) is 0 Å². The predicted molar refractivity (Wildman–Crippen MR) is 98.3 cm³/mol. The third-order valence-electron chi connectivity index (χ3n) is 5.66. The van der Waals surface area contributed by atoms with Crippen LogP contribution in [0.3, 0.4) is 0 Å². The second-order valence-electron chi connectivity index (χ2n) is 9.94. The number of hydrogen-bond acceptors (Lipinski definition) is 6. The van der Waals surface area contributed by atoms with Crippen molar-refractivity contribution in [3.05, 3.63) is 0 Å². The average molecular weight is 994 g/mol. The summed E-state index contributed by atoms with van der Waals surface area (Å²) in [6, 6.07) is 0. The van der Waals surface area contributed by atoms with Gasteiger partial charge in [0.25, 0.3) is 0 Å². The second-order valence-corrected chi connectivity index (χ2v) is 9.94. The minimum atomic E-state index is -9.62. The summed E-state index contributed by atoms with van der Waals surface area (Å²) >= 11 is 0. The molecule has 0 amide bonds. The zero-order chi connectivity index (χ0) is 49.6. The average Bonchev–Trinajstić information content (AvgIpc) is 2.91. The van der Waals surface area contributed by atoms with Crippen LogP contribution in [0, 0.1) is 0 Å². The molecule has 60 heavy (non-hydrogen) atoms.